The van der Waals surface area contributed by atoms with E-state index in [2.05, 4.69) is 15.6 Å². The van der Waals surface area contributed by atoms with Gasteiger partial charge in [-0.05, 0) is 49.7 Å². The highest BCUT2D eigenvalue weighted by Gasteiger charge is 2.17. The molecule has 2 rings (SSSR count). The van der Waals surface area contributed by atoms with Crippen LogP contribution >= 0.6 is 0 Å². The molecule has 0 aliphatic carbocycles. The molecule has 9 nitrogen and oxygen atoms in total. The van der Waals surface area contributed by atoms with Crippen molar-refractivity contribution in [2.24, 2.45) is 0 Å². The van der Waals surface area contributed by atoms with Gasteiger partial charge in [0.2, 0.25) is 10.0 Å². The van der Waals surface area contributed by atoms with E-state index in [0.717, 1.165) is 5.56 Å². The van der Waals surface area contributed by atoms with E-state index in [9.17, 15) is 22.8 Å². The molecule has 0 saturated carbocycles. The van der Waals surface area contributed by atoms with Crippen LogP contribution in [0.3, 0.4) is 0 Å². The Balaban J connectivity index is 1.89. The van der Waals surface area contributed by atoms with Crippen molar-refractivity contribution in [2.75, 3.05) is 13.2 Å². The van der Waals surface area contributed by atoms with Gasteiger partial charge in [-0.1, -0.05) is 18.2 Å². The van der Waals surface area contributed by atoms with E-state index in [4.69, 9.17) is 4.74 Å². The summed E-state index contributed by atoms with van der Waals surface area (Å²) >= 11 is 0. The Morgan fingerprint density at radius 1 is 0.966 bits per heavy atom. The lowest BCUT2D eigenvalue weighted by Crippen LogP contribution is -2.46. The SMILES string of the molecule is CCOC(=O)c1ccc(S(=O)(=O)NCC(=O)NNC(=O)c2ccccc2C)cc1. The molecule has 0 heterocycles. The fraction of sp³-hybridized carbons (Fsp3) is 0.211. The number of carbonyl (C=O) groups excluding carboxylic acids is 3. The second-order valence-corrected chi connectivity index (χ2v) is 7.65. The molecule has 0 fully saturated rings. The van der Waals surface area contributed by atoms with Gasteiger partial charge < -0.3 is 4.74 Å². The highest BCUT2D eigenvalue weighted by atomic mass is 32.2. The van der Waals surface area contributed by atoms with Crippen LogP contribution in [0.1, 0.15) is 33.2 Å². The molecule has 0 saturated heterocycles. The van der Waals surface area contributed by atoms with Crippen LogP contribution in [-0.2, 0) is 19.6 Å². The standard InChI is InChI=1S/C19H21N3O6S/c1-3-28-19(25)14-8-10-15(11-9-14)29(26,27)20-12-17(23)21-22-18(24)16-7-5-4-6-13(16)2/h4-11,20H,3,12H2,1-2H3,(H,21,23)(H,22,24). The van der Waals surface area contributed by atoms with Crippen molar-refractivity contribution in [1.29, 1.82) is 0 Å². The van der Waals surface area contributed by atoms with E-state index in [1.54, 1.807) is 38.1 Å². The average molecular weight is 419 g/mol. The van der Waals surface area contributed by atoms with E-state index in [0.29, 0.717) is 5.56 Å². The van der Waals surface area contributed by atoms with Crippen molar-refractivity contribution in [1.82, 2.24) is 15.6 Å². The van der Waals surface area contributed by atoms with Crippen molar-refractivity contribution in [3.63, 3.8) is 0 Å². The summed E-state index contributed by atoms with van der Waals surface area (Å²) in [4.78, 5) is 35.3. The van der Waals surface area contributed by atoms with Gasteiger partial charge in [0.15, 0.2) is 0 Å². The Morgan fingerprint density at radius 3 is 2.24 bits per heavy atom. The Morgan fingerprint density at radius 2 is 1.62 bits per heavy atom. The summed E-state index contributed by atoms with van der Waals surface area (Å²) in [5, 5.41) is 0. The number of nitrogens with one attached hydrogen (secondary N) is 3. The van der Waals surface area contributed by atoms with Gasteiger partial charge in [-0.25, -0.2) is 17.9 Å². The summed E-state index contributed by atoms with van der Waals surface area (Å²) in [6, 6.07) is 11.9. The molecule has 0 radical (unpaired) electrons. The third-order valence-electron chi connectivity index (χ3n) is 3.80. The van der Waals surface area contributed by atoms with Crippen LogP contribution in [0.2, 0.25) is 0 Å². The predicted molar refractivity (Wildman–Crippen MR) is 104 cm³/mol. The zero-order chi connectivity index (χ0) is 21.4. The van der Waals surface area contributed by atoms with E-state index in [-0.39, 0.29) is 17.1 Å². The van der Waals surface area contributed by atoms with Crippen LogP contribution < -0.4 is 15.6 Å². The number of aryl methyl sites for hydroxylation is 1. The van der Waals surface area contributed by atoms with Crippen molar-refractivity contribution in [3.05, 3.63) is 65.2 Å². The summed E-state index contributed by atoms with van der Waals surface area (Å²) < 4.78 is 31.4. The van der Waals surface area contributed by atoms with Crippen LogP contribution in [-0.4, -0.2) is 39.4 Å². The Kier molecular flexibility index (Phi) is 7.46. The average Bonchev–Trinajstić information content (AvgIpc) is 2.71. The van der Waals surface area contributed by atoms with Gasteiger partial charge in [0.1, 0.15) is 0 Å². The Bertz CT molecular complexity index is 1000. The van der Waals surface area contributed by atoms with Crippen molar-refractivity contribution in [2.45, 2.75) is 18.7 Å². The zero-order valence-electron chi connectivity index (χ0n) is 15.9. The number of hydrogen-bond donors (Lipinski definition) is 3. The maximum Gasteiger partial charge on any atom is 0.338 e. The van der Waals surface area contributed by atoms with E-state index >= 15 is 0 Å². The number of sulfonamides is 1. The normalized spacial score (nSPS) is 10.8. The van der Waals surface area contributed by atoms with Crippen molar-refractivity contribution < 1.29 is 27.5 Å². The second kappa shape index (κ2) is 9.80. The summed E-state index contributed by atoms with van der Waals surface area (Å²) in [6.45, 7) is 3.03. The molecule has 2 aromatic rings. The minimum Gasteiger partial charge on any atom is -0.462 e. The van der Waals surface area contributed by atoms with E-state index in [1.165, 1.54) is 24.3 Å². The smallest absolute Gasteiger partial charge is 0.338 e. The number of amides is 2. The molecule has 0 unspecified atom stereocenters. The van der Waals surface area contributed by atoms with Gasteiger partial charge in [0.25, 0.3) is 11.8 Å². The number of ether oxygens (including phenoxy) is 1. The minimum absolute atomic E-state index is 0.123. The van der Waals surface area contributed by atoms with Gasteiger partial charge >= 0.3 is 5.97 Å². The van der Waals surface area contributed by atoms with Crippen LogP contribution in [0.15, 0.2) is 53.4 Å². The first-order valence-electron chi connectivity index (χ1n) is 8.66. The molecule has 0 bridgehead atoms. The van der Waals surface area contributed by atoms with Crippen LogP contribution in [0.25, 0.3) is 0 Å². The van der Waals surface area contributed by atoms with Gasteiger partial charge in [-0.2, -0.15) is 0 Å². The summed E-state index contributed by atoms with van der Waals surface area (Å²) in [7, 11) is -3.98. The number of esters is 1. The van der Waals surface area contributed by atoms with Crippen molar-refractivity contribution in [3.8, 4) is 0 Å². The molecular weight excluding hydrogens is 398 g/mol. The van der Waals surface area contributed by atoms with Gasteiger partial charge in [-0.15, -0.1) is 0 Å². The highest BCUT2D eigenvalue weighted by Crippen LogP contribution is 2.11. The first-order valence-corrected chi connectivity index (χ1v) is 10.1. The first kappa shape index (κ1) is 22.1. The number of benzene rings is 2. The second-order valence-electron chi connectivity index (χ2n) is 5.89. The molecular formula is C19H21N3O6S. The molecule has 0 aromatic heterocycles. The first-order chi connectivity index (χ1) is 13.7. The molecule has 0 atom stereocenters. The third-order valence-corrected chi connectivity index (χ3v) is 5.22. The quantitative estimate of drug-likeness (QED) is 0.452. The summed E-state index contributed by atoms with van der Waals surface area (Å²) in [5.41, 5.74) is 5.69. The summed E-state index contributed by atoms with van der Waals surface area (Å²) in [6.07, 6.45) is 0. The van der Waals surface area contributed by atoms with Gasteiger partial charge in [0, 0.05) is 5.56 Å². The minimum atomic E-state index is -3.98. The molecule has 154 valence electrons. The zero-order valence-corrected chi connectivity index (χ0v) is 16.7. The number of rotatable bonds is 7. The Labute approximate surface area is 168 Å². The fourth-order valence-corrected chi connectivity index (χ4v) is 3.28. The van der Waals surface area contributed by atoms with Crippen LogP contribution in [0.4, 0.5) is 0 Å². The molecule has 2 amide bonds. The lowest BCUT2D eigenvalue weighted by atomic mass is 10.1. The van der Waals surface area contributed by atoms with Crippen LogP contribution in [0, 0.1) is 6.92 Å². The molecule has 29 heavy (non-hydrogen) atoms. The highest BCUT2D eigenvalue weighted by molar-refractivity contribution is 7.89. The maximum atomic E-state index is 12.3. The predicted octanol–water partition coefficient (Wildman–Crippen LogP) is 0.911. The molecule has 2 aromatic carbocycles. The third kappa shape index (κ3) is 6.13. The fourth-order valence-electron chi connectivity index (χ4n) is 2.29. The monoisotopic (exact) mass is 419 g/mol. The Hall–Kier alpha value is -3.24. The lowest BCUT2D eigenvalue weighted by molar-refractivity contribution is -0.120. The number of hydrogen-bond acceptors (Lipinski definition) is 6. The molecule has 0 aliphatic rings. The molecule has 0 aliphatic heterocycles. The topological polar surface area (TPSA) is 131 Å². The van der Waals surface area contributed by atoms with Gasteiger partial charge in [0.05, 0.1) is 23.6 Å². The van der Waals surface area contributed by atoms with Crippen LogP contribution in [0.5, 0.6) is 0 Å². The largest absolute Gasteiger partial charge is 0.462 e. The maximum absolute atomic E-state index is 12.3. The summed E-state index contributed by atoms with van der Waals surface area (Å²) in [5.74, 6) is -1.83. The van der Waals surface area contributed by atoms with Gasteiger partial charge in [-0.3, -0.25) is 20.4 Å². The molecule has 3 N–H and O–H groups in total. The molecule has 10 heteroatoms. The molecule has 0 spiro atoms. The number of carbonyl (C=O) groups is 3. The van der Waals surface area contributed by atoms with E-state index in [1.807, 2.05) is 0 Å². The van der Waals surface area contributed by atoms with Crippen molar-refractivity contribution >= 4 is 27.8 Å². The number of hydrazine groups is 1. The lowest BCUT2D eigenvalue weighted by Gasteiger charge is -2.10. The van der Waals surface area contributed by atoms with E-state index < -0.39 is 34.4 Å².